The molecule has 36 heavy (non-hydrogen) atoms. The first-order valence-corrected chi connectivity index (χ1v) is 13.3. The van der Waals surface area contributed by atoms with Gasteiger partial charge in [-0.1, -0.05) is 36.4 Å². The lowest BCUT2D eigenvalue weighted by atomic mass is 9.73. The average molecular weight is 496 g/mol. The standard InChI is InChI=1S/C29H41N3O4/c1-22-10-3-5-13-26(22)36-27-14-6-4-12-25(27)29(34,16-7-8-19-35-2)23-11-9-17-31(20-23)28(33)32-18-15-24(30)21-32/h3-6,10,12-14,23-24,34H,7-9,11,15-21,30H2,1-2H3. The van der Waals surface area contributed by atoms with E-state index in [1.165, 1.54) is 0 Å². The number of carbonyl (C=O) groups excluding carboxylic acids is 1. The van der Waals surface area contributed by atoms with Crippen LogP contribution in [0.25, 0.3) is 0 Å². The van der Waals surface area contributed by atoms with E-state index in [1.807, 2.05) is 65.3 Å². The van der Waals surface area contributed by atoms with Crippen molar-refractivity contribution in [3.05, 3.63) is 59.7 Å². The van der Waals surface area contributed by atoms with Crippen molar-refractivity contribution in [2.45, 2.75) is 57.1 Å². The quantitative estimate of drug-likeness (QED) is 0.494. The van der Waals surface area contributed by atoms with E-state index in [0.29, 0.717) is 45.0 Å². The summed E-state index contributed by atoms with van der Waals surface area (Å²) in [5.41, 5.74) is 6.75. The zero-order valence-corrected chi connectivity index (χ0v) is 21.7. The van der Waals surface area contributed by atoms with Crippen LogP contribution < -0.4 is 10.5 Å². The van der Waals surface area contributed by atoms with Crippen LogP contribution in [0.1, 0.15) is 49.7 Å². The first-order valence-electron chi connectivity index (χ1n) is 13.3. The lowest BCUT2D eigenvalue weighted by Crippen LogP contribution is -2.51. The van der Waals surface area contributed by atoms with Crippen LogP contribution in [0.4, 0.5) is 4.79 Å². The van der Waals surface area contributed by atoms with Crippen molar-refractivity contribution in [3.8, 4) is 11.5 Å². The van der Waals surface area contributed by atoms with Gasteiger partial charge in [-0.05, 0) is 63.1 Å². The van der Waals surface area contributed by atoms with Gasteiger partial charge in [0.15, 0.2) is 0 Å². The molecule has 2 heterocycles. The fourth-order valence-electron chi connectivity index (χ4n) is 5.60. The molecule has 2 saturated heterocycles. The second kappa shape index (κ2) is 12.1. The van der Waals surface area contributed by atoms with Crippen LogP contribution in [0.15, 0.2) is 48.5 Å². The molecule has 7 heteroatoms. The molecule has 4 rings (SSSR count). The van der Waals surface area contributed by atoms with Crippen molar-refractivity contribution in [3.63, 3.8) is 0 Å². The molecule has 7 nitrogen and oxygen atoms in total. The van der Waals surface area contributed by atoms with Crippen molar-refractivity contribution in [1.29, 1.82) is 0 Å². The third kappa shape index (κ3) is 6.02. The van der Waals surface area contributed by atoms with E-state index in [-0.39, 0.29) is 18.0 Å². The van der Waals surface area contributed by atoms with Crippen molar-refractivity contribution < 1.29 is 19.4 Å². The lowest BCUT2D eigenvalue weighted by Gasteiger charge is -2.44. The van der Waals surface area contributed by atoms with Crippen LogP contribution in [-0.4, -0.2) is 66.9 Å². The molecule has 3 N–H and O–H groups in total. The summed E-state index contributed by atoms with van der Waals surface area (Å²) in [5, 5.41) is 12.4. The number of hydrogen-bond acceptors (Lipinski definition) is 5. The Morgan fingerprint density at radius 1 is 1.03 bits per heavy atom. The Hall–Kier alpha value is -2.61. The molecule has 0 aromatic heterocycles. The number of aryl methyl sites for hydroxylation is 1. The highest BCUT2D eigenvalue weighted by molar-refractivity contribution is 5.75. The molecule has 3 atom stereocenters. The highest BCUT2D eigenvalue weighted by Crippen LogP contribution is 2.44. The molecular formula is C29H41N3O4. The highest BCUT2D eigenvalue weighted by atomic mass is 16.5. The number of amides is 2. The minimum Gasteiger partial charge on any atom is -0.457 e. The van der Waals surface area contributed by atoms with E-state index >= 15 is 0 Å². The fourth-order valence-corrected chi connectivity index (χ4v) is 5.60. The van der Waals surface area contributed by atoms with Crippen molar-refractivity contribution in [1.82, 2.24) is 9.80 Å². The normalized spacial score (nSPS) is 21.9. The third-order valence-electron chi connectivity index (χ3n) is 7.69. The van der Waals surface area contributed by atoms with E-state index in [0.717, 1.165) is 49.0 Å². The van der Waals surface area contributed by atoms with E-state index in [4.69, 9.17) is 15.2 Å². The number of likely N-dealkylation sites (tertiary alicyclic amines) is 2. The van der Waals surface area contributed by atoms with Gasteiger partial charge in [-0.3, -0.25) is 0 Å². The summed E-state index contributed by atoms with van der Waals surface area (Å²) < 4.78 is 11.6. The number of hydrogen-bond donors (Lipinski definition) is 2. The summed E-state index contributed by atoms with van der Waals surface area (Å²) in [4.78, 5) is 17.0. The Morgan fingerprint density at radius 2 is 1.75 bits per heavy atom. The molecule has 0 saturated carbocycles. The van der Waals surface area contributed by atoms with Gasteiger partial charge in [0.25, 0.3) is 0 Å². The minimum absolute atomic E-state index is 0.0406. The van der Waals surface area contributed by atoms with Gasteiger partial charge in [-0.15, -0.1) is 0 Å². The SMILES string of the molecule is COCCCCC(O)(c1ccccc1Oc1ccccc1C)C1CCCN(C(=O)N2CCC(N)C2)C1. The number of piperidine rings is 1. The van der Waals surface area contributed by atoms with E-state index < -0.39 is 5.60 Å². The van der Waals surface area contributed by atoms with Crippen LogP contribution in [-0.2, 0) is 10.3 Å². The number of urea groups is 1. The molecule has 196 valence electrons. The topological polar surface area (TPSA) is 88.3 Å². The molecule has 2 fully saturated rings. The second-order valence-electron chi connectivity index (χ2n) is 10.3. The van der Waals surface area contributed by atoms with Crippen LogP contribution in [0.3, 0.4) is 0 Å². The number of methoxy groups -OCH3 is 1. The Kier molecular flexibility index (Phi) is 8.88. The molecular weight excluding hydrogens is 454 g/mol. The third-order valence-corrected chi connectivity index (χ3v) is 7.69. The van der Waals surface area contributed by atoms with Gasteiger partial charge in [0, 0.05) is 57.4 Å². The van der Waals surface area contributed by atoms with E-state index in [2.05, 4.69) is 0 Å². The monoisotopic (exact) mass is 495 g/mol. The van der Waals surface area contributed by atoms with Gasteiger partial charge in [-0.2, -0.15) is 0 Å². The number of unbranched alkanes of at least 4 members (excludes halogenated alkanes) is 1. The predicted molar refractivity (Wildman–Crippen MR) is 141 cm³/mol. The Labute approximate surface area is 215 Å². The Morgan fingerprint density at radius 3 is 2.47 bits per heavy atom. The van der Waals surface area contributed by atoms with Crippen molar-refractivity contribution in [2.75, 3.05) is 39.9 Å². The summed E-state index contributed by atoms with van der Waals surface area (Å²) in [7, 11) is 1.70. The van der Waals surface area contributed by atoms with Crippen LogP contribution in [0.5, 0.6) is 11.5 Å². The van der Waals surface area contributed by atoms with Gasteiger partial charge >= 0.3 is 6.03 Å². The smallest absolute Gasteiger partial charge is 0.320 e. The number of para-hydroxylation sites is 2. The van der Waals surface area contributed by atoms with Gasteiger partial charge < -0.3 is 30.1 Å². The van der Waals surface area contributed by atoms with Gasteiger partial charge in [0.05, 0.1) is 5.60 Å². The molecule has 2 aromatic carbocycles. The number of rotatable bonds is 9. The van der Waals surface area contributed by atoms with Crippen molar-refractivity contribution in [2.24, 2.45) is 11.7 Å². The van der Waals surface area contributed by atoms with Crippen LogP contribution in [0, 0.1) is 12.8 Å². The first-order chi connectivity index (χ1) is 17.4. The predicted octanol–water partition coefficient (Wildman–Crippen LogP) is 4.66. The Bertz CT molecular complexity index is 1020. The molecule has 0 radical (unpaired) electrons. The van der Waals surface area contributed by atoms with Gasteiger partial charge in [0.2, 0.25) is 0 Å². The summed E-state index contributed by atoms with van der Waals surface area (Å²) in [6.45, 7) is 5.21. The number of nitrogens with two attached hydrogens (primary N) is 1. The zero-order chi connectivity index (χ0) is 25.5. The number of nitrogens with zero attached hydrogens (tertiary/aromatic N) is 2. The molecule has 2 aromatic rings. The average Bonchev–Trinajstić information content (AvgIpc) is 3.34. The molecule has 2 aliphatic heterocycles. The van der Waals surface area contributed by atoms with Gasteiger partial charge in [-0.25, -0.2) is 4.79 Å². The van der Waals surface area contributed by atoms with Gasteiger partial charge in [0.1, 0.15) is 11.5 Å². The summed E-state index contributed by atoms with van der Waals surface area (Å²) in [6.07, 6.45) is 4.80. The maximum atomic E-state index is 13.3. The molecule has 0 aliphatic carbocycles. The first kappa shape index (κ1) is 26.5. The fraction of sp³-hybridized carbons (Fsp3) is 0.552. The zero-order valence-electron chi connectivity index (χ0n) is 21.7. The number of carbonyl (C=O) groups is 1. The number of benzene rings is 2. The maximum Gasteiger partial charge on any atom is 0.320 e. The largest absolute Gasteiger partial charge is 0.457 e. The molecule has 0 bridgehead atoms. The molecule has 2 amide bonds. The summed E-state index contributed by atoms with van der Waals surface area (Å²) in [6, 6.07) is 15.8. The summed E-state index contributed by atoms with van der Waals surface area (Å²) >= 11 is 0. The molecule has 3 unspecified atom stereocenters. The van der Waals surface area contributed by atoms with Crippen LogP contribution in [0.2, 0.25) is 0 Å². The number of ether oxygens (including phenoxy) is 2. The highest BCUT2D eigenvalue weighted by Gasteiger charge is 2.43. The maximum absolute atomic E-state index is 13.3. The van der Waals surface area contributed by atoms with E-state index in [1.54, 1.807) is 7.11 Å². The molecule has 0 spiro atoms. The van der Waals surface area contributed by atoms with Crippen molar-refractivity contribution >= 4 is 6.03 Å². The second-order valence-corrected chi connectivity index (χ2v) is 10.3. The summed E-state index contributed by atoms with van der Waals surface area (Å²) in [5.74, 6) is 1.34. The Balaban J connectivity index is 1.61. The van der Waals surface area contributed by atoms with E-state index in [9.17, 15) is 9.90 Å². The molecule has 2 aliphatic rings. The minimum atomic E-state index is -1.13. The number of aliphatic hydroxyl groups is 1. The lowest BCUT2D eigenvalue weighted by molar-refractivity contribution is -0.0586. The van der Waals surface area contributed by atoms with Crippen LogP contribution >= 0.6 is 0 Å².